The number of carbonyl (C=O) groups is 1. The van der Waals surface area contributed by atoms with E-state index in [9.17, 15) is 9.59 Å². The number of hydrogen-bond acceptors (Lipinski definition) is 9. The predicted octanol–water partition coefficient (Wildman–Crippen LogP) is 4.29. The molecule has 1 aromatic carbocycles. The quantitative estimate of drug-likeness (QED) is 0.260. The zero-order valence-electron chi connectivity index (χ0n) is 20.1. The van der Waals surface area contributed by atoms with Gasteiger partial charge in [-0.2, -0.15) is 0 Å². The number of rotatable bonds is 6. The van der Waals surface area contributed by atoms with Gasteiger partial charge in [-0.25, -0.2) is 19.8 Å². The Bertz CT molecular complexity index is 1700. The van der Waals surface area contributed by atoms with Crippen LogP contribution in [0.5, 0.6) is 0 Å². The van der Waals surface area contributed by atoms with E-state index >= 15 is 0 Å². The molecule has 0 aliphatic carbocycles. The summed E-state index contributed by atoms with van der Waals surface area (Å²) in [5, 5.41) is 1.73. The Morgan fingerprint density at radius 3 is 2.73 bits per heavy atom. The lowest BCUT2D eigenvalue weighted by Gasteiger charge is -2.24. The summed E-state index contributed by atoms with van der Waals surface area (Å²) in [5.41, 5.74) is 2.12. The van der Waals surface area contributed by atoms with E-state index in [2.05, 4.69) is 15.0 Å². The van der Waals surface area contributed by atoms with Crippen LogP contribution in [0.25, 0.3) is 6.08 Å². The van der Waals surface area contributed by atoms with Gasteiger partial charge in [-0.1, -0.05) is 35.1 Å². The molecule has 11 heteroatoms. The lowest BCUT2D eigenvalue weighted by molar-refractivity contribution is -0.139. The van der Waals surface area contributed by atoms with Gasteiger partial charge in [0.2, 0.25) is 0 Å². The smallest absolute Gasteiger partial charge is 0.338 e. The third kappa shape index (κ3) is 5.18. The summed E-state index contributed by atoms with van der Waals surface area (Å²) in [6.45, 7) is 5.59. The maximum Gasteiger partial charge on any atom is 0.338 e. The number of furan rings is 1. The molecule has 0 fully saturated rings. The van der Waals surface area contributed by atoms with Gasteiger partial charge in [0.05, 0.1) is 28.5 Å². The van der Waals surface area contributed by atoms with E-state index < -0.39 is 12.0 Å². The highest BCUT2D eigenvalue weighted by molar-refractivity contribution is 7.99. The number of hydrogen-bond donors (Lipinski definition) is 0. The molecule has 0 bridgehead atoms. The number of fused-ring (bicyclic) bond motifs is 1. The third-order valence-electron chi connectivity index (χ3n) is 5.54. The summed E-state index contributed by atoms with van der Waals surface area (Å²) in [5.74, 6) is -0.00570. The van der Waals surface area contributed by atoms with Gasteiger partial charge in [0, 0.05) is 23.0 Å². The number of esters is 1. The molecule has 5 rings (SSSR count). The van der Waals surface area contributed by atoms with Crippen LogP contribution in [0.1, 0.15) is 36.9 Å². The van der Waals surface area contributed by atoms with Crippen LogP contribution >= 0.6 is 34.7 Å². The fourth-order valence-corrected chi connectivity index (χ4v) is 5.82. The molecule has 8 nitrogen and oxygen atoms in total. The first-order valence-electron chi connectivity index (χ1n) is 11.4. The summed E-state index contributed by atoms with van der Waals surface area (Å²) in [4.78, 5) is 40.3. The molecule has 0 amide bonds. The summed E-state index contributed by atoms with van der Waals surface area (Å²) in [6, 6.07) is 11.8. The summed E-state index contributed by atoms with van der Waals surface area (Å²) in [6.07, 6.45) is 3.37. The van der Waals surface area contributed by atoms with E-state index in [1.54, 1.807) is 62.5 Å². The first-order valence-corrected chi connectivity index (χ1v) is 13.4. The number of aromatic nitrogens is 3. The number of thiazole rings is 1. The number of allylic oxidation sites excluding steroid dienone is 1. The van der Waals surface area contributed by atoms with Crippen molar-refractivity contribution >= 4 is 46.7 Å². The standard InChI is InChI=1S/C26H21ClN4O4S2/c1-4-34-24(33)21-15(3)30-26-31(22(21)16-5-7-17(27)8-6-16)23(32)19(36-26)13-18-9-10-20(35-18)37-25-28-12-11-14(2)29-25/h5-13,22H,4H2,1-3H3/b19-13+/t22-/m0/s1. The molecule has 0 spiro atoms. The van der Waals surface area contributed by atoms with E-state index in [1.807, 2.05) is 13.0 Å². The number of halogens is 1. The highest BCUT2D eigenvalue weighted by Crippen LogP contribution is 2.31. The van der Waals surface area contributed by atoms with Crippen molar-refractivity contribution < 1.29 is 13.9 Å². The number of nitrogens with zero attached hydrogens (tertiary/aromatic N) is 4. The van der Waals surface area contributed by atoms with Gasteiger partial charge in [0.1, 0.15) is 5.76 Å². The molecular weight excluding hydrogens is 532 g/mol. The van der Waals surface area contributed by atoms with E-state index in [1.165, 1.54) is 27.7 Å². The van der Waals surface area contributed by atoms with Crippen molar-refractivity contribution in [3.63, 3.8) is 0 Å². The Kier molecular flexibility index (Phi) is 7.14. The van der Waals surface area contributed by atoms with Crippen LogP contribution in [-0.2, 0) is 9.53 Å². The van der Waals surface area contributed by atoms with Crippen LogP contribution in [0, 0.1) is 6.92 Å². The maximum atomic E-state index is 13.7. The Morgan fingerprint density at radius 2 is 2.00 bits per heavy atom. The Labute approximate surface area is 225 Å². The average molecular weight is 553 g/mol. The molecule has 0 N–H and O–H groups in total. The predicted molar refractivity (Wildman–Crippen MR) is 141 cm³/mol. The van der Waals surface area contributed by atoms with Crippen LogP contribution in [0.4, 0.5) is 0 Å². The fraction of sp³-hybridized carbons (Fsp3) is 0.192. The highest BCUT2D eigenvalue weighted by Gasteiger charge is 2.33. The topological polar surface area (TPSA) is 99.6 Å². The normalized spacial score (nSPS) is 15.5. The minimum Gasteiger partial charge on any atom is -0.463 e. The van der Waals surface area contributed by atoms with Crippen molar-refractivity contribution in [1.29, 1.82) is 0 Å². The van der Waals surface area contributed by atoms with E-state index in [4.69, 9.17) is 20.8 Å². The van der Waals surface area contributed by atoms with Crippen LogP contribution in [0.2, 0.25) is 5.02 Å². The molecule has 37 heavy (non-hydrogen) atoms. The highest BCUT2D eigenvalue weighted by atomic mass is 35.5. The molecular formula is C26H21ClN4O4S2. The maximum absolute atomic E-state index is 13.7. The van der Waals surface area contributed by atoms with Gasteiger partial charge in [0.15, 0.2) is 15.1 Å². The van der Waals surface area contributed by atoms with Crippen molar-refractivity contribution in [1.82, 2.24) is 14.5 Å². The van der Waals surface area contributed by atoms with Gasteiger partial charge < -0.3 is 9.15 Å². The van der Waals surface area contributed by atoms with Gasteiger partial charge in [0.25, 0.3) is 5.56 Å². The largest absolute Gasteiger partial charge is 0.463 e. The SMILES string of the molecule is CCOC(=O)C1=C(C)N=c2s/c(=C/c3ccc(Sc4nccc(C)n4)o3)c(=O)n2[C@H]1c1ccc(Cl)cc1. The van der Waals surface area contributed by atoms with Gasteiger partial charge in [-0.3, -0.25) is 9.36 Å². The van der Waals surface area contributed by atoms with Crippen molar-refractivity contribution in [3.05, 3.63) is 102 Å². The number of carbonyl (C=O) groups excluding carboxylic acids is 1. The van der Waals surface area contributed by atoms with Gasteiger partial charge in [-0.05, 0) is 68.4 Å². The summed E-state index contributed by atoms with van der Waals surface area (Å²) < 4.78 is 13.2. The molecule has 4 aromatic rings. The molecule has 0 unspecified atom stereocenters. The second-order valence-electron chi connectivity index (χ2n) is 8.09. The molecule has 188 valence electrons. The monoisotopic (exact) mass is 552 g/mol. The fourth-order valence-electron chi connectivity index (χ4n) is 3.91. The Hall–Kier alpha value is -3.47. The van der Waals surface area contributed by atoms with E-state index in [0.717, 1.165) is 11.3 Å². The summed E-state index contributed by atoms with van der Waals surface area (Å²) >= 11 is 8.63. The zero-order chi connectivity index (χ0) is 26.1. The molecule has 0 saturated carbocycles. The summed E-state index contributed by atoms with van der Waals surface area (Å²) in [7, 11) is 0. The lowest BCUT2D eigenvalue weighted by atomic mass is 9.96. The van der Waals surface area contributed by atoms with Crippen molar-refractivity contribution in [2.75, 3.05) is 6.61 Å². The van der Waals surface area contributed by atoms with Crippen LogP contribution in [0.15, 0.2) is 84.4 Å². The molecule has 0 radical (unpaired) electrons. The third-order valence-corrected chi connectivity index (χ3v) is 7.58. The molecule has 3 aromatic heterocycles. The lowest BCUT2D eigenvalue weighted by Crippen LogP contribution is -2.39. The Morgan fingerprint density at radius 1 is 1.22 bits per heavy atom. The van der Waals surface area contributed by atoms with Crippen molar-refractivity contribution in [3.8, 4) is 0 Å². The van der Waals surface area contributed by atoms with Crippen LogP contribution < -0.4 is 14.9 Å². The number of aryl methyl sites for hydroxylation is 1. The van der Waals surface area contributed by atoms with E-state index in [0.29, 0.717) is 41.6 Å². The molecule has 4 heterocycles. The van der Waals surface area contributed by atoms with Gasteiger partial charge >= 0.3 is 5.97 Å². The average Bonchev–Trinajstić information content (AvgIpc) is 3.42. The van der Waals surface area contributed by atoms with Crippen molar-refractivity contribution in [2.24, 2.45) is 4.99 Å². The molecule has 1 aliphatic rings. The molecule has 1 atom stereocenters. The van der Waals surface area contributed by atoms with Crippen LogP contribution in [-0.4, -0.2) is 27.1 Å². The first kappa shape index (κ1) is 25.2. The van der Waals surface area contributed by atoms with Gasteiger partial charge in [-0.15, -0.1) is 0 Å². The first-order chi connectivity index (χ1) is 17.8. The molecule has 1 aliphatic heterocycles. The minimum atomic E-state index is -0.698. The van der Waals surface area contributed by atoms with E-state index in [-0.39, 0.29) is 12.2 Å². The van der Waals surface area contributed by atoms with Crippen LogP contribution in [0.3, 0.4) is 0 Å². The second kappa shape index (κ2) is 10.5. The number of ether oxygens (including phenoxy) is 1. The number of benzene rings is 1. The zero-order valence-corrected chi connectivity index (χ0v) is 22.5. The Balaban J connectivity index is 1.57. The van der Waals surface area contributed by atoms with Crippen molar-refractivity contribution in [2.45, 2.75) is 37.1 Å². The second-order valence-corrected chi connectivity index (χ2v) is 10.5. The minimum absolute atomic E-state index is 0.208. The molecule has 0 saturated heterocycles.